The van der Waals surface area contributed by atoms with Gasteiger partial charge >= 0.3 is 0 Å². The summed E-state index contributed by atoms with van der Waals surface area (Å²) in [5.41, 5.74) is 4.47. The Kier molecular flexibility index (Phi) is 2.04. The molecule has 0 spiro atoms. The molecule has 14 heavy (non-hydrogen) atoms. The molecule has 0 fully saturated rings. The van der Waals surface area contributed by atoms with Crippen LogP contribution in [0.1, 0.15) is 35.3 Å². The normalized spacial score (nSPS) is 24.6. The van der Waals surface area contributed by atoms with E-state index < -0.39 is 6.10 Å². The van der Waals surface area contributed by atoms with Crippen molar-refractivity contribution in [3.05, 3.63) is 28.3 Å². The van der Waals surface area contributed by atoms with Crippen molar-refractivity contribution in [2.45, 2.75) is 39.9 Å². The number of fused-ring (bicyclic) bond motifs is 1. The second-order valence-corrected chi connectivity index (χ2v) is 4.15. The topological polar surface area (TPSA) is 29.5 Å². The first-order valence-electron chi connectivity index (χ1n) is 4.97. The van der Waals surface area contributed by atoms with Gasteiger partial charge in [-0.3, -0.25) is 0 Å². The van der Waals surface area contributed by atoms with Crippen LogP contribution in [0.4, 0.5) is 0 Å². The minimum atomic E-state index is -0.468. The molecule has 0 radical (unpaired) electrons. The molecule has 1 aliphatic rings. The van der Waals surface area contributed by atoms with Crippen molar-refractivity contribution in [1.29, 1.82) is 0 Å². The summed E-state index contributed by atoms with van der Waals surface area (Å²) in [6.07, 6.45) is -0.589. The molecular weight excluding hydrogens is 176 g/mol. The van der Waals surface area contributed by atoms with Crippen LogP contribution in [0.2, 0.25) is 0 Å². The largest absolute Gasteiger partial charge is 0.487 e. The minimum Gasteiger partial charge on any atom is -0.487 e. The van der Waals surface area contributed by atoms with Crippen LogP contribution in [0.25, 0.3) is 0 Å². The number of hydrogen-bond acceptors (Lipinski definition) is 2. The van der Waals surface area contributed by atoms with Crippen LogP contribution in [-0.2, 0) is 0 Å². The highest BCUT2D eigenvalue weighted by molar-refractivity contribution is 5.53. The van der Waals surface area contributed by atoms with E-state index in [-0.39, 0.29) is 6.10 Å². The van der Waals surface area contributed by atoms with E-state index in [0.29, 0.717) is 0 Å². The van der Waals surface area contributed by atoms with Gasteiger partial charge in [0.25, 0.3) is 0 Å². The quantitative estimate of drug-likeness (QED) is 0.684. The number of aliphatic hydroxyl groups excluding tert-OH is 1. The van der Waals surface area contributed by atoms with Gasteiger partial charge in [0, 0.05) is 5.56 Å². The zero-order chi connectivity index (χ0) is 10.5. The lowest BCUT2D eigenvalue weighted by molar-refractivity contribution is 0.0791. The first-order valence-corrected chi connectivity index (χ1v) is 4.97. The maximum atomic E-state index is 9.92. The van der Waals surface area contributed by atoms with Gasteiger partial charge in [-0.25, -0.2) is 0 Å². The highest BCUT2D eigenvalue weighted by Crippen LogP contribution is 2.42. The molecule has 2 nitrogen and oxygen atoms in total. The molecule has 0 saturated heterocycles. The van der Waals surface area contributed by atoms with Gasteiger partial charge < -0.3 is 9.84 Å². The lowest BCUT2D eigenvalue weighted by Crippen LogP contribution is -2.13. The molecule has 0 saturated carbocycles. The lowest BCUT2D eigenvalue weighted by Gasteiger charge is -2.10. The average Bonchev–Trinajstić information content (AvgIpc) is 2.40. The third-order valence-electron chi connectivity index (χ3n) is 3.08. The minimum absolute atomic E-state index is 0.121. The Balaban J connectivity index is 2.67. The Labute approximate surface area is 84.5 Å². The number of benzene rings is 1. The summed E-state index contributed by atoms with van der Waals surface area (Å²) >= 11 is 0. The van der Waals surface area contributed by atoms with E-state index in [2.05, 4.69) is 13.0 Å². The molecule has 1 N–H and O–H groups in total. The van der Waals surface area contributed by atoms with Crippen molar-refractivity contribution in [3.8, 4) is 5.75 Å². The van der Waals surface area contributed by atoms with Crippen LogP contribution in [0, 0.1) is 20.8 Å². The van der Waals surface area contributed by atoms with E-state index in [9.17, 15) is 5.11 Å². The number of rotatable bonds is 0. The molecule has 2 heteroatoms. The summed E-state index contributed by atoms with van der Waals surface area (Å²) in [5, 5.41) is 9.92. The number of ether oxygens (including phenoxy) is 1. The molecule has 1 aromatic carbocycles. The van der Waals surface area contributed by atoms with Crippen LogP contribution >= 0.6 is 0 Å². The Morgan fingerprint density at radius 2 is 1.86 bits per heavy atom. The van der Waals surface area contributed by atoms with Crippen LogP contribution in [0.15, 0.2) is 6.07 Å². The lowest BCUT2D eigenvalue weighted by atomic mass is 9.96. The predicted molar refractivity (Wildman–Crippen MR) is 55.7 cm³/mol. The van der Waals surface area contributed by atoms with Crippen LogP contribution in [0.3, 0.4) is 0 Å². The third-order valence-corrected chi connectivity index (χ3v) is 3.08. The Hall–Kier alpha value is -1.02. The van der Waals surface area contributed by atoms with Gasteiger partial charge in [-0.05, 0) is 44.4 Å². The number of aliphatic hydroxyl groups is 1. The van der Waals surface area contributed by atoms with E-state index in [4.69, 9.17) is 4.74 Å². The highest BCUT2D eigenvalue weighted by Gasteiger charge is 2.32. The first-order chi connectivity index (χ1) is 6.52. The molecule has 0 aliphatic carbocycles. The van der Waals surface area contributed by atoms with Crippen LogP contribution in [0.5, 0.6) is 5.75 Å². The van der Waals surface area contributed by atoms with Gasteiger partial charge in [0.05, 0.1) is 0 Å². The van der Waals surface area contributed by atoms with Crippen molar-refractivity contribution in [3.63, 3.8) is 0 Å². The second-order valence-electron chi connectivity index (χ2n) is 4.15. The van der Waals surface area contributed by atoms with Crippen molar-refractivity contribution < 1.29 is 9.84 Å². The first kappa shape index (κ1) is 9.53. The fraction of sp³-hybridized carbons (Fsp3) is 0.500. The van der Waals surface area contributed by atoms with Crippen molar-refractivity contribution in [1.82, 2.24) is 0 Å². The molecule has 2 rings (SSSR count). The van der Waals surface area contributed by atoms with Gasteiger partial charge in [0.15, 0.2) is 0 Å². The van der Waals surface area contributed by atoms with E-state index in [1.807, 2.05) is 20.8 Å². The SMILES string of the molecule is Cc1cc(C)c2c(c1C)OC(C)C2O. The fourth-order valence-corrected chi connectivity index (χ4v) is 2.08. The molecule has 2 atom stereocenters. The van der Waals surface area contributed by atoms with Crippen molar-refractivity contribution >= 4 is 0 Å². The molecule has 2 unspecified atom stereocenters. The van der Waals surface area contributed by atoms with Crippen LogP contribution < -0.4 is 4.74 Å². The van der Waals surface area contributed by atoms with Crippen LogP contribution in [-0.4, -0.2) is 11.2 Å². The van der Waals surface area contributed by atoms with Gasteiger partial charge in [-0.2, -0.15) is 0 Å². The maximum Gasteiger partial charge on any atom is 0.129 e. The van der Waals surface area contributed by atoms with Gasteiger partial charge in [-0.15, -0.1) is 0 Å². The Morgan fingerprint density at radius 1 is 1.21 bits per heavy atom. The smallest absolute Gasteiger partial charge is 0.129 e. The zero-order valence-corrected chi connectivity index (χ0v) is 9.09. The zero-order valence-electron chi connectivity index (χ0n) is 9.09. The number of hydrogen-bond donors (Lipinski definition) is 1. The standard InChI is InChI=1S/C12H16O2/c1-6-5-7(2)10-11(13)9(4)14-12(10)8(6)3/h5,9,11,13H,1-4H3. The molecule has 0 aromatic heterocycles. The predicted octanol–water partition coefficient (Wildman–Crippen LogP) is 2.43. The molecule has 1 aromatic rings. The average molecular weight is 192 g/mol. The summed E-state index contributed by atoms with van der Waals surface area (Å²) in [6.45, 7) is 8.04. The van der Waals surface area contributed by atoms with E-state index in [0.717, 1.165) is 22.4 Å². The molecule has 76 valence electrons. The second kappa shape index (κ2) is 2.99. The Morgan fingerprint density at radius 3 is 2.50 bits per heavy atom. The maximum absolute atomic E-state index is 9.92. The number of aryl methyl sites for hydroxylation is 2. The van der Waals surface area contributed by atoms with Crippen molar-refractivity contribution in [2.24, 2.45) is 0 Å². The van der Waals surface area contributed by atoms with Crippen molar-refractivity contribution in [2.75, 3.05) is 0 Å². The van der Waals surface area contributed by atoms with Gasteiger partial charge in [0.2, 0.25) is 0 Å². The molecule has 1 aliphatic heterocycles. The summed E-state index contributed by atoms with van der Waals surface area (Å²) in [6, 6.07) is 2.11. The van der Waals surface area contributed by atoms with E-state index in [1.165, 1.54) is 5.56 Å². The fourth-order valence-electron chi connectivity index (χ4n) is 2.08. The highest BCUT2D eigenvalue weighted by atomic mass is 16.5. The summed E-state index contributed by atoms with van der Waals surface area (Å²) in [4.78, 5) is 0. The summed E-state index contributed by atoms with van der Waals surface area (Å²) < 4.78 is 5.66. The molecular formula is C12H16O2. The summed E-state index contributed by atoms with van der Waals surface area (Å²) in [7, 11) is 0. The Bertz CT molecular complexity index is 382. The van der Waals surface area contributed by atoms with E-state index >= 15 is 0 Å². The van der Waals surface area contributed by atoms with Gasteiger partial charge in [-0.1, -0.05) is 6.07 Å². The molecule has 0 bridgehead atoms. The van der Waals surface area contributed by atoms with Gasteiger partial charge in [0.1, 0.15) is 18.0 Å². The molecule has 0 amide bonds. The summed E-state index contributed by atoms with van der Waals surface area (Å²) in [5.74, 6) is 0.891. The monoisotopic (exact) mass is 192 g/mol. The molecule has 1 heterocycles. The van der Waals surface area contributed by atoms with E-state index in [1.54, 1.807) is 0 Å². The third kappa shape index (κ3) is 1.14.